The second-order valence-electron chi connectivity index (χ2n) is 6.85. The molecule has 1 aliphatic carbocycles. The topological polar surface area (TPSA) is 95.9 Å². The van der Waals surface area contributed by atoms with E-state index in [1.165, 1.54) is 24.3 Å². The fraction of sp³-hybridized carbons (Fsp3) is 0.130. The summed E-state index contributed by atoms with van der Waals surface area (Å²) >= 11 is 0. The molecule has 3 aromatic rings. The van der Waals surface area contributed by atoms with Crippen LogP contribution in [0.4, 0.5) is 0 Å². The second kappa shape index (κ2) is 7.41. The van der Waals surface area contributed by atoms with Crippen LogP contribution >= 0.6 is 0 Å². The van der Waals surface area contributed by atoms with Gasteiger partial charge in [0.05, 0.1) is 18.2 Å². The van der Waals surface area contributed by atoms with Gasteiger partial charge in [0.25, 0.3) is 0 Å². The van der Waals surface area contributed by atoms with Crippen LogP contribution in [0.25, 0.3) is 0 Å². The zero-order valence-corrected chi connectivity index (χ0v) is 15.7. The van der Waals surface area contributed by atoms with Crippen LogP contribution in [0.3, 0.4) is 0 Å². The van der Waals surface area contributed by atoms with Crippen LogP contribution in [0.5, 0.6) is 17.2 Å². The molecule has 6 heteroatoms. The molecule has 146 valence electrons. The van der Waals surface area contributed by atoms with Gasteiger partial charge in [-0.2, -0.15) is 0 Å². The van der Waals surface area contributed by atoms with Crippen LogP contribution in [-0.2, 0) is 13.1 Å². The molecule has 3 N–H and O–H groups in total. The lowest BCUT2D eigenvalue weighted by molar-refractivity contribution is 0.0974. The van der Waals surface area contributed by atoms with E-state index in [-0.39, 0.29) is 33.8 Å². The smallest absolute Gasteiger partial charge is 0.201 e. The maximum atomic E-state index is 12.9. The third-order valence-corrected chi connectivity index (χ3v) is 4.98. The van der Waals surface area contributed by atoms with Crippen molar-refractivity contribution >= 4 is 11.6 Å². The molecule has 0 amide bonds. The van der Waals surface area contributed by atoms with E-state index in [1.807, 2.05) is 24.3 Å². The summed E-state index contributed by atoms with van der Waals surface area (Å²) < 4.78 is 5.14. The van der Waals surface area contributed by atoms with Gasteiger partial charge in [-0.3, -0.25) is 9.59 Å². The highest BCUT2D eigenvalue weighted by Gasteiger charge is 2.34. The van der Waals surface area contributed by atoms with E-state index in [0.717, 1.165) is 11.3 Å². The minimum absolute atomic E-state index is 0.0642. The first-order chi connectivity index (χ1) is 14.0. The Kier molecular flexibility index (Phi) is 4.78. The standard InChI is InChI=1S/C23H19NO5/c1-29-15-7-5-13(6-8-15)11-24-12-14-9-17-21(19(26)10-14)23(28)20-16(22(17)27)3-2-4-18(20)25/h2-10,24-26H,11-12H2,1H3. The van der Waals surface area contributed by atoms with Gasteiger partial charge in [-0.1, -0.05) is 24.3 Å². The summed E-state index contributed by atoms with van der Waals surface area (Å²) in [4.78, 5) is 25.6. The number of rotatable bonds is 5. The normalized spacial score (nSPS) is 12.4. The fourth-order valence-corrected chi connectivity index (χ4v) is 3.54. The molecular weight excluding hydrogens is 370 g/mol. The molecule has 29 heavy (non-hydrogen) atoms. The zero-order valence-electron chi connectivity index (χ0n) is 15.7. The monoisotopic (exact) mass is 389 g/mol. The number of fused-ring (bicyclic) bond motifs is 2. The van der Waals surface area contributed by atoms with Crippen LogP contribution in [0, 0.1) is 0 Å². The van der Waals surface area contributed by atoms with Crippen LogP contribution in [0.2, 0.25) is 0 Å². The van der Waals surface area contributed by atoms with Gasteiger partial charge in [-0.05, 0) is 41.5 Å². The van der Waals surface area contributed by atoms with Crippen LogP contribution in [0.1, 0.15) is 43.0 Å². The number of hydrogen-bond donors (Lipinski definition) is 3. The predicted octanol–water partition coefficient (Wildman–Crippen LogP) is 3.17. The van der Waals surface area contributed by atoms with Crippen molar-refractivity contribution in [3.05, 3.63) is 88.0 Å². The number of carbonyl (C=O) groups excluding carboxylic acids is 2. The van der Waals surface area contributed by atoms with E-state index in [1.54, 1.807) is 13.2 Å². The van der Waals surface area contributed by atoms with Crippen molar-refractivity contribution in [2.75, 3.05) is 7.11 Å². The number of benzene rings is 3. The SMILES string of the molecule is COc1ccc(CNCc2cc(O)c3c(c2)C(=O)c2cccc(O)c2C3=O)cc1. The van der Waals surface area contributed by atoms with E-state index in [2.05, 4.69) is 5.32 Å². The molecule has 0 radical (unpaired) electrons. The van der Waals surface area contributed by atoms with Crippen molar-refractivity contribution in [1.29, 1.82) is 0 Å². The molecule has 0 spiro atoms. The van der Waals surface area contributed by atoms with Crippen molar-refractivity contribution in [3.8, 4) is 17.2 Å². The summed E-state index contributed by atoms with van der Waals surface area (Å²) in [5.41, 5.74) is 1.90. The first-order valence-corrected chi connectivity index (χ1v) is 9.10. The van der Waals surface area contributed by atoms with E-state index in [0.29, 0.717) is 18.7 Å². The number of aromatic hydroxyl groups is 2. The molecule has 0 aliphatic heterocycles. The molecule has 1 aliphatic rings. The predicted molar refractivity (Wildman–Crippen MR) is 107 cm³/mol. The largest absolute Gasteiger partial charge is 0.507 e. The summed E-state index contributed by atoms with van der Waals surface area (Å²) in [5, 5.41) is 23.7. The number of carbonyl (C=O) groups is 2. The number of phenolic OH excluding ortho intramolecular Hbond substituents is 2. The highest BCUT2D eigenvalue weighted by molar-refractivity contribution is 6.30. The van der Waals surface area contributed by atoms with Gasteiger partial charge < -0.3 is 20.3 Å². The summed E-state index contributed by atoms with van der Waals surface area (Å²) in [6.45, 7) is 0.993. The average molecular weight is 389 g/mol. The van der Waals surface area contributed by atoms with E-state index in [4.69, 9.17) is 4.74 Å². The molecular formula is C23H19NO5. The number of methoxy groups -OCH3 is 1. The lowest BCUT2D eigenvalue weighted by Crippen LogP contribution is -2.22. The summed E-state index contributed by atoms with van der Waals surface area (Å²) in [6.07, 6.45) is 0. The molecule has 0 fully saturated rings. The van der Waals surface area contributed by atoms with E-state index < -0.39 is 11.6 Å². The zero-order chi connectivity index (χ0) is 20.5. The Morgan fingerprint density at radius 2 is 1.48 bits per heavy atom. The molecule has 3 aromatic carbocycles. The maximum absolute atomic E-state index is 12.9. The van der Waals surface area contributed by atoms with Gasteiger partial charge in [0, 0.05) is 24.2 Å². The molecule has 6 nitrogen and oxygen atoms in total. The van der Waals surface area contributed by atoms with Crippen molar-refractivity contribution in [1.82, 2.24) is 5.32 Å². The molecule has 0 bridgehead atoms. The Bertz CT molecular complexity index is 1120. The molecule has 4 rings (SSSR count). The Labute approximate surface area is 167 Å². The summed E-state index contributed by atoms with van der Waals surface area (Å²) in [6, 6.07) is 15.1. The van der Waals surface area contributed by atoms with Gasteiger partial charge in [0.15, 0.2) is 5.78 Å². The van der Waals surface area contributed by atoms with Crippen molar-refractivity contribution in [2.45, 2.75) is 13.1 Å². The van der Waals surface area contributed by atoms with E-state index >= 15 is 0 Å². The van der Waals surface area contributed by atoms with Crippen molar-refractivity contribution < 1.29 is 24.5 Å². The summed E-state index contributed by atoms with van der Waals surface area (Å²) in [7, 11) is 1.61. The van der Waals surface area contributed by atoms with Gasteiger partial charge in [-0.25, -0.2) is 0 Å². The highest BCUT2D eigenvalue weighted by Crippen LogP contribution is 2.37. The Balaban J connectivity index is 1.57. The molecule has 0 atom stereocenters. The summed E-state index contributed by atoms with van der Waals surface area (Å²) in [5.74, 6) is -0.698. The van der Waals surface area contributed by atoms with Crippen LogP contribution in [0.15, 0.2) is 54.6 Å². The Morgan fingerprint density at radius 1 is 0.793 bits per heavy atom. The lowest BCUT2D eigenvalue weighted by Gasteiger charge is -2.20. The van der Waals surface area contributed by atoms with Crippen LogP contribution < -0.4 is 10.1 Å². The molecule has 0 aromatic heterocycles. The maximum Gasteiger partial charge on any atom is 0.201 e. The van der Waals surface area contributed by atoms with Crippen molar-refractivity contribution in [3.63, 3.8) is 0 Å². The third-order valence-electron chi connectivity index (χ3n) is 4.98. The van der Waals surface area contributed by atoms with E-state index in [9.17, 15) is 19.8 Å². The second-order valence-corrected chi connectivity index (χ2v) is 6.85. The molecule has 0 heterocycles. The first-order valence-electron chi connectivity index (χ1n) is 9.10. The van der Waals surface area contributed by atoms with Crippen molar-refractivity contribution in [2.24, 2.45) is 0 Å². The van der Waals surface area contributed by atoms with Gasteiger partial charge in [0.1, 0.15) is 17.2 Å². The molecule has 0 unspecified atom stereocenters. The third kappa shape index (κ3) is 3.34. The average Bonchev–Trinajstić information content (AvgIpc) is 2.72. The van der Waals surface area contributed by atoms with Crippen LogP contribution in [-0.4, -0.2) is 28.9 Å². The number of ether oxygens (including phenoxy) is 1. The molecule has 0 saturated carbocycles. The highest BCUT2D eigenvalue weighted by atomic mass is 16.5. The first kappa shape index (κ1) is 18.7. The number of nitrogens with one attached hydrogen (secondary N) is 1. The fourth-order valence-electron chi connectivity index (χ4n) is 3.54. The minimum atomic E-state index is -0.553. The Hall–Kier alpha value is -3.64. The lowest BCUT2D eigenvalue weighted by atomic mass is 9.82. The molecule has 0 saturated heterocycles. The van der Waals surface area contributed by atoms with Gasteiger partial charge in [-0.15, -0.1) is 0 Å². The van der Waals surface area contributed by atoms with Gasteiger partial charge in [0.2, 0.25) is 5.78 Å². The number of hydrogen-bond acceptors (Lipinski definition) is 6. The quantitative estimate of drug-likeness (QED) is 0.485. The minimum Gasteiger partial charge on any atom is -0.507 e. The Morgan fingerprint density at radius 3 is 2.21 bits per heavy atom. The number of ketones is 2. The number of phenols is 2. The van der Waals surface area contributed by atoms with Gasteiger partial charge >= 0.3 is 0 Å².